The predicted octanol–water partition coefficient (Wildman–Crippen LogP) is 2.52. The SMILES string of the molecule is Cc1oc(C)c(C(=O)OC(C)C(=O)NCC(C)C)c1C. The number of amides is 1. The molecule has 0 aliphatic carbocycles. The maximum atomic E-state index is 12.1. The summed E-state index contributed by atoms with van der Waals surface area (Å²) in [6, 6.07) is 0. The lowest BCUT2D eigenvalue weighted by Gasteiger charge is -2.14. The predicted molar refractivity (Wildman–Crippen MR) is 75.6 cm³/mol. The summed E-state index contributed by atoms with van der Waals surface area (Å²) in [6.07, 6.45) is -0.824. The van der Waals surface area contributed by atoms with Crippen LogP contribution in [0.3, 0.4) is 0 Å². The lowest BCUT2D eigenvalue weighted by Crippen LogP contribution is -2.37. The number of nitrogens with one attached hydrogen (secondary N) is 1. The molecule has 1 aromatic rings. The van der Waals surface area contributed by atoms with Gasteiger partial charge in [0.25, 0.3) is 5.91 Å². The van der Waals surface area contributed by atoms with Gasteiger partial charge in [0.2, 0.25) is 0 Å². The van der Waals surface area contributed by atoms with Crippen LogP contribution >= 0.6 is 0 Å². The van der Waals surface area contributed by atoms with E-state index in [4.69, 9.17) is 9.15 Å². The van der Waals surface area contributed by atoms with Crippen LogP contribution in [0.5, 0.6) is 0 Å². The number of furan rings is 1. The average Bonchev–Trinajstić information content (AvgIpc) is 2.59. The fourth-order valence-electron chi connectivity index (χ4n) is 1.82. The number of carbonyl (C=O) groups excluding carboxylic acids is 2. The minimum Gasteiger partial charge on any atom is -0.465 e. The van der Waals surface area contributed by atoms with E-state index in [9.17, 15) is 9.59 Å². The summed E-state index contributed by atoms with van der Waals surface area (Å²) >= 11 is 0. The van der Waals surface area contributed by atoms with Crippen LogP contribution in [-0.2, 0) is 9.53 Å². The third-order valence-electron chi connectivity index (χ3n) is 3.10. The largest absolute Gasteiger partial charge is 0.465 e. The van der Waals surface area contributed by atoms with Crippen molar-refractivity contribution in [2.45, 2.75) is 47.6 Å². The van der Waals surface area contributed by atoms with E-state index in [1.165, 1.54) is 0 Å². The molecular formula is C15H23NO4. The minimum atomic E-state index is -0.824. The van der Waals surface area contributed by atoms with Crippen molar-refractivity contribution in [3.63, 3.8) is 0 Å². The van der Waals surface area contributed by atoms with E-state index in [1.54, 1.807) is 27.7 Å². The van der Waals surface area contributed by atoms with Crippen LogP contribution in [-0.4, -0.2) is 24.5 Å². The highest BCUT2D eigenvalue weighted by molar-refractivity contribution is 5.94. The number of hydrogen-bond donors (Lipinski definition) is 1. The Bertz CT molecular complexity index is 502. The maximum Gasteiger partial charge on any atom is 0.342 e. The molecule has 0 bridgehead atoms. The van der Waals surface area contributed by atoms with Gasteiger partial charge in [-0.15, -0.1) is 0 Å². The number of carbonyl (C=O) groups is 2. The first-order valence-electron chi connectivity index (χ1n) is 6.79. The normalized spacial score (nSPS) is 12.3. The van der Waals surface area contributed by atoms with E-state index < -0.39 is 12.1 Å². The first-order chi connectivity index (χ1) is 9.23. The van der Waals surface area contributed by atoms with Gasteiger partial charge in [-0.1, -0.05) is 13.8 Å². The van der Waals surface area contributed by atoms with Crippen molar-refractivity contribution in [1.29, 1.82) is 0 Å². The van der Waals surface area contributed by atoms with Gasteiger partial charge in [0, 0.05) is 12.1 Å². The topological polar surface area (TPSA) is 68.5 Å². The van der Waals surface area contributed by atoms with Crippen molar-refractivity contribution in [2.24, 2.45) is 5.92 Å². The van der Waals surface area contributed by atoms with Crippen molar-refractivity contribution >= 4 is 11.9 Å². The number of hydrogen-bond acceptors (Lipinski definition) is 4. The average molecular weight is 281 g/mol. The molecule has 5 heteroatoms. The molecule has 0 saturated carbocycles. The quantitative estimate of drug-likeness (QED) is 0.842. The molecule has 5 nitrogen and oxygen atoms in total. The molecule has 0 aliphatic heterocycles. The Hall–Kier alpha value is -1.78. The van der Waals surface area contributed by atoms with Gasteiger partial charge in [0.1, 0.15) is 17.1 Å². The van der Waals surface area contributed by atoms with Gasteiger partial charge in [-0.3, -0.25) is 4.79 Å². The Labute approximate surface area is 119 Å². The highest BCUT2D eigenvalue weighted by atomic mass is 16.5. The van der Waals surface area contributed by atoms with Crippen molar-refractivity contribution < 1.29 is 18.7 Å². The van der Waals surface area contributed by atoms with Gasteiger partial charge in [0.05, 0.1) is 0 Å². The molecule has 0 saturated heterocycles. The molecule has 1 unspecified atom stereocenters. The minimum absolute atomic E-state index is 0.289. The standard InChI is InChI=1S/C15H23NO4/c1-8(2)7-16-14(17)12(6)20-15(18)13-9(3)10(4)19-11(13)5/h8,12H,7H2,1-6H3,(H,16,17). The van der Waals surface area contributed by atoms with Crippen LogP contribution in [0.4, 0.5) is 0 Å². The highest BCUT2D eigenvalue weighted by Crippen LogP contribution is 2.21. The van der Waals surface area contributed by atoms with E-state index >= 15 is 0 Å². The molecule has 1 heterocycles. The lowest BCUT2D eigenvalue weighted by atomic mass is 10.1. The molecule has 112 valence electrons. The van der Waals surface area contributed by atoms with Crippen molar-refractivity contribution in [3.8, 4) is 0 Å². The van der Waals surface area contributed by atoms with E-state index in [2.05, 4.69) is 5.32 Å². The van der Waals surface area contributed by atoms with Gasteiger partial charge in [-0.25, -0.2) is 4.79 Å². The Kier molecular flexibility index (Phi) is 5.36. The molecule has 1 rings (SSSR count). The molecular weight excluding hydrogens is 258 g/mol. The molecule has 1 atom stereocenters. The van der Waals surface area contributed by atoms with E-state index in [-0.39, 0.29) is 5.91 Å². The zero-order valence-electron chi connectivity index (χ0n) is 13.0. The van der Waals surface area contributed by atoms with Crippen LogP contribution in [0.25, 0.3) is 0 Å². The summed E-state index contributed by atoms with van der Waals surface area (Å²) in [4.78, 5) is 23.9. The summed E-state index contributed by atoms with van der Waals surface area (Å²) in [5.74, 6) is 0.737. The van der Waals surface area contributed by atoms with Gasteiger partial charge >= 0.3 is 5.97 Å². The molecule has 1 N–H and O–H groups in total. The lowest BCUT2D eigenvalue weighted by molar-refractivity contribution is -0.129. The van der Waals surface area contributed by atoms with Gasteiger partial charge in [-0.2, -0.15) is 0 Å². The molecule has 0 radical (unpaired) electrons. The second-order valence-corrected chi connectivity index (χ2v) is 5.40. The fourth-order valence-corrected chi connectivity index (χ4v) is 1.82. The first-order valence-corrected chi connectivity index (χ1v) is 6.79. The Morgan fingerprint density at radius 2 is 1.75 bits per heavy atom. The highest BCUT2D eigenvalue weighted by Gasteiger charge is 2.24. The molecule has 0 fully saturated rings. The summed E-state index contributed by atoms with van der Waals surface area (Å²) in [5.41, 5.74) is 1.16. The molecule has 0 aromatic carbocycles. The van der Waals surface area contributed by atoms with Crippen molar-refractivity contribution in [2.75, 3.05) is 6.54 Å². The second-order valence-electron chi connectivity index (χ2n) is 5.40. The van der Waals surface area contributed by atoms with E-state index in [0.29, 0.717) is 29.5 Å². The Morgan fingerprint density at radius 1 is 1.15 bits per heavy atom. The van der Waals surface area contributed by atoms with Crippen LogP contribution in [0.2, 0.25) is 0 Å². The van der Waals surface area contributed by atoms with Crippen LogP contribution < -0.4 is 5.32 Å². The molecule has 0 aliphatic rings. The Morgan fingerprint density at radius 3 is 2.20 bits per heavy atom. The van der Waals surface area contributed by atoms with Crippen LogP contribution in [0, 0.1) is 26.7 Å². The fraction of sp³-hybridized carbons (Fsp3) is 0.600. The number of aryl methyl sites for hydroxylation is 2. The smallest absolute Gasteiger partial charge is 0.342 e. The molecule has 1 amide bonds. The molecule has 1 aromatic heterocycles. The van der Waals surface area contributed by atoms with E-state index in [0.717, 1.165) is 5.56 Å². The zero-order valence-corrected chi connectivity index (χ0v) is 13.0. The van der Waals surface area contributed by atoms with Crippen LogP contribution in [0.1, 0.15) is 48.2 Å². The summed E-state index contributed by atoms with van der Waals surface area (Å²) in [5, 5.41) is 2.73. The van der Waals surface area contributed by atoms with Gasteiger partial charge in [-0.05, 0) is 33.6 Å². The third kappa shape index (κ3) is 3.85. The maximum absolute atomic E-state index is 12.1. The van der Waals surface area contributed by atoms with Gasteiger partial charge < -0.3 is 14.5 Å². The summed E-state index contributed by atoms with van der Waals surface area (Å²) < 4.78 is 10.6. The number of ether oxygens (including phenoxy) is 1. The monoisotopic (exact) mass is 281 g/mol. The third-order valence-corrected chi connectivity index (χ3v) is 3.10. The van der Waals surface area contributed by atoms with Crippen LogP contribution in [0.15, 0.2) is 4.42 Å². The first kappa shape index (κ1) is 16.3. The Balaban J connectivity index is 2.68. The zero-order chi connectivity index (χ0) is 15.4. The van der Waals surface area contributed by atoms with Crippen molar-refractivity contribution in [1.82, 2.24) is 5.32 Å². The number of esters is 1. The summed E-state index contributed by atoms with van der Waals surface area (Å²) in [7, 11) is 0. The molecule has 20 heavy (non-hydrogen) atoms. The summed E-state index contributed by atoms with van der Waals surface area (Å²) in [6.45, 7) is 11.4. The number of rotatable bonds is 5. The van der Waals surface area contributed by atoms with Crippen molar-refractivity contribution in [3.05, 3.63) is 22.6 Å². The van der Waals surface area contributed by atoms with E-state index in [1.807, 2.05) is 13.8 Å². The second kappa shape index (κ2) is 6.59. The van der Waals surface area contributed by atoms with Gasteiger partial charge in [0.15, 0.2) is 6.10 Å². The molecule has 0 spiro atoms.